The molecule has 19 heavy (non-hydrogen) atoms. The fourth-order valence-corrected chi connectivity index (χ4v) is 1.65. The predicted molar refractivity (Wildman–Crippen MR) is 67.3 cm³/mol. The van der Waals surface area contributed by atoms with Gasteiger partial charge in [-0.15, -0.1) is 0 Å². The van der Waals surface area contributed by atoms with Crippen LogP contribution in [0.3, 0.4) is 0 Å². The number of rotatable bonds is 7. The number of halogens is 2. The van der Waals surface area contributed by atoms with E-state index in [2.05, 4.69) is 15.4 Å². The molecule has 0 radical (unpaired) electrons. The Morgan fingerprint density at radius 3 is 2.89 bits per heavy atom. The highest BCUT2D eigenvalue weighted by molar-refractivity contribution is 5.91. The van der Waals surface area contributed by atoms with E-state index in [0.717, 1.165) is 0 Å². The van der Waals surface area contributed by atoms with E-state index in [1.54, 1.807) is 12.1 Å². The van der Waals surface area contributed by atoms with Crippen LogP contribution in [0.4, 0.5) is 14.5 Å². The number of carbonyl (C=O) groups is 1. The van der Waals surface area contributed by atoms with Crippen molar-refractivity contribution in [1.29, 1.82) is 0 Å². The van der Waals surface area contributed by atoms with Gasteiger partial charge in [0.05, 0.1) is 0 Å². The van der Waals surface area contributed by atoms with Crippen molar-refractivity contribution in [3.63, 3.8) is 0 Å². The monoisotopic (exact) mass is 270 g/mol. The molecule has 0 spiro atoms. The van der Waals surface area contributed by atoms with Crippen molar-refractivity contribution in [2.75, 3.05) is 11.9 Å². The second-order valence-electron chi connectivity index (χ2n) is 4.43. The van der Waals surface area contributed by atoms with E-state index in [-0.39, 0.29) is 11.7 Å². The standard InChI is InChI=1S/C13H16F2N2O2/c14-13(15)19-11-3-1-2-10(8-11)17-12(18)6-7-16-9-4-5-9/h1-3,8-9,13,16H,4-7H2,(H,17,18). The van der Waals surface area contributed by atoms with Crippen LogP contribution in [0.2, 0.25) is 0 Å². The summed E-state index contributed by atoms with van der Waals surface area (Å²) < 4.78 is 28.4. The fraction of sp³-hybridized carbons (Fsp3) is 0.462. The van der Waals surface area contributed by atoms with Gasteiger partial charge in [0, 0.05) is 30.8 Å². The third-order valence-corrected chi connectivity index (χ3v) is 2.71. The minimum Gasteiger partial charge on any atom is -0.435 e. The number of nitrogens with one attached hydrogen (secondary N) is 2. The molecule has 6 heteroatoms. The Kier molecular flexibility index (Phi) is 4.68. The molecule has 1 aliphatic carbocycles. The smallest absolute Gasteiger partial charge is 0.387 e. The minimum atomic E-state index is -2.87. The van der Waals surface area contributed by atoms with E-state index >= 15 is 0 Å². The van der Waals surface area contributed by atoms with Gasteiger partial charge in [-0.25, -0.2) is 0 Å². The molecule has 0 bridgehead atoms. The maximum Gasteiger partial charge on any atom is 0.387 e. The molecule has 0 unspecified atom stereocenters. The highest BCUT2D eigenvalue weighted by atomic mass is 19.3. The Labute approximate surface area is 110 Å². The molecule has 0 atom stereocenters. The second-order valence-corrected chi connectivity index (χ2v) is 4.43. The van der Waals surface area contributed by atoms with Gasteiger partial charge in [0.15, 0.2) is 0 Å². The number of hydrogen-bond acceptors (Lipinski definition) is 3. The molecule has 1 saturated carbocycles. The number of hydrogen-bond donors (Lipinski definition) is 2. The average molecular weight is 270 g/mol. The summed E-state index contributed by atoms with van der Waals surface area (Å²) in [4.78, 5) is 11.6. The van der Waals surface area contributed by atoms with Gasteiger partial charge in [-0.05, 0) is 25.0 Å². The summed E-state index contributed by atoms with van der Waals surface area (Å²) in [6.45, 7) is -2.24. The molecule has 0 aromatic heterocycles. The zero-order valence-corrected chi connectivity index (χ0v) is 10.4. The Morgan fingerprint density at radius 2 is 2.21 bits per heavy atom. The van der Waals surface area contributed by atoms with E-state index in [1.807, 2.05) is 0 Å². The number of anilines is 1. The summed E-state index contributed by atoms with van der Waals surface area (Å²) in [7, 11) is 0. The van der Waals surface area contributed by atoms with Crippen LogP contribution in [0, 0.1) is 0 Å². The first-order chi connectivity index (χ1) is 9.13. The van der Waals surface area contributed by atoms with E-state index in [1.165, 1.54) is 25.0 Å². The number of carbonyl (C=O) groups excluding carboxylic acids is 1. The van der Waals surface area contributed by atoms with Crippen molar-refractivity contribution in [2.24, 2.45) is 0 Å². The van der Waals surface area contributed by atoms with Gasteiger partial charge >= 0.3 is 6.61 Å². The van der Waals surface area contributed by atoms with Crippen LogP contribution in [0.5, 0.6) is 5.75 Å². The zero-order chi connectivity index (χ0) is 13.7. The van der Waals surface area contributed by atoms with Gasteiger partial charge in [0.25, 0.3) is 0 Å². The van der Waals surface area contributed by atoms with Gasteiger partial charge < -0.3 is 15.4 Å². The van der Waals surface area contributed by atoms with Gasteiger partial charge in [0.2, 0.25) is 5.91 Å². The summed E-state index contributed by atoms with van der Waals surface area (Å²) in [5.41, 5.74) is 0.453. The van der Waals surface area contributed by atoms with Crippen molar-refractivity contribution in [3.05, 3.63) is 24.3 Å². The Morgan fingerprint density at radius 1 is 1.42 bits per heavy atom. The lowest BCUT2D eigenvalue weighted by Crippen LogP contribution is -2.23. The first-order valence-corrected chi connectivity index (χ1v) is 6.21. The average Bonchev–Trinajstić information content (AvgIpc) is 3.12. The fourth-order valence-electron chi connectivity index (χ4n) is 1.65. The molecular weight excluding hydrogens is 254 g/mol. The lowest BCUT2D eigenvalue weighted by Gasteiger charge is -2.08. The molecule has 1 aliphatic rings. The lowest BCUT2D eigenvalue weighted by atomic mass is 10.3. The van der Waals surface area contributed by atoms with Crippen LogP contribution in [-0.4, -0.2) is 25.1 Å². The molecule has 1 amide bonds. The molecule has 1 aromatic rings. The van der Waals surface area contributed by atoms with Crippen LogP contribution in [-0.2, 0) is 4.79 Å². The molecule has 2 rings (SSSR count). The van der Waals surface area contributed by atoms with Crippen molar-refractivity contribution < 1.29 is 18.3 Å². The van der Waals surface area contributed by atoms with Gasteiger partial charge in [-0.3, -0.25) is 4.79 Å². The first kappa shape index (κ1) is 13.7. The third-order valence-electron chi connectivity index (χ3n) is 2.71. The number of alkyl halides is 2. The van der Waals surface area contributed by atoms with Crippen LogP contribution >= 0.6 is 0 Å². The highest BCUT2D eigenvalue weighted by Crippen LogP contribution is 2.20. The van der Waals surface area contributed by atoms with Crippen molar-refractivity contribution in [3.8, 4) is 5.75 Å². The van der Waals surface area contributed by atoms with E-state index in [0.29, 0.717) is 24.7 Å². The quantitative estimate of drug-likeness (QED) is 0.799. The van der Waals surface area contributed by atoms with Crippen molar-refractivity contribution in [2.45, 2.75) is 31.9 Å². The van der Waals surface area contributed by atoms with Crippen LogP contribution < -0.4 is 15.4 Å². The largest absolute Gasteiger partial charge is 0.435 e. The van der Waals surface area contributed by atoms with Gasteiger partial charge in [0.1, 0.15) is 5.75 Å². The van der Waals surface area contributed by atoms with Crippen molar-refractivity contribution >= 4 is 11.6 Å². The van der Waals surface area contributed by atoms with Crippen molar-refractivity contribution in [1.82, 2.24) is 5.32 Å². The predicted octanol–water partition coefficient (Wildman–Crippen LogP) is 2.37. The van der Waals surface area contributed by atoms with Crippen LogP contribution in [0.1, 0.15) is 19.3 Å². The number of amides is 1. The molecule has 4 nitrogen and oxygen atoms in total. The Balaban J connectivity index is 1.78. The third kappa shape index (κ3) is 5.21. The van der Waals surface area contributed by atoms with Crippen LogP contribution in [0.25, 0.3) is 0 Å². The second kappa shape index (κ2) is 6.47. The Hall–Kier alpha value is -1.69. The summed E-state index contributed by atoms with van der Waals surface area (Å²) >= 11 is 0. The molecule has 0 heterocycles. The molecule has 0 saturated heterocycles. The van der Waals surface area contributed by atoms with E-state index in [4.69, 9.17) is 0 Å². The van der Waals surface area contributed by atoms with Gasteiger partial charge in [-0.1, -0.05) is 6.07 Å². The normalized spacial score (nSPS) is 14.5. The SMILES string of the molecule is O=C(CCNC1CC1)Nc1cccc(OC(F)F)c1. The Bertz CT molecular complexity index is 436. The summed E-state index contributed by atoms with van der Waals surface area (Å²) in [5.74, 6) is -0.119. The molecular formula is C13H16F2N2O2. The molecule has 0 aliphatic heterocycles. The summed E-state index contributed by atoms with van der Waals surface area (Å²) in [6.07, 6.45) is 2.71. The van der Waals surface area contributed by atoms with Gasteiger partial charge in [-0.2, -0.15) is 8.78 Å². The van der Waals surface area contributed by atoms with E-state index in [9.17, 15) is 13.6 Å². The maximum absolute atomic E-state index is 12.0. The maximum atomic E-state index is 12.0. The summed E-state index contributed by atoms with van der Waals surface area (Å²) in [6, 6.07) is 6.53. The molecule has 1 aromatic carbocycles. The molecule has 104 valence electrons. The first-order valence-electron chi connectivity index (χ1n) is 6.21. The highest BCUT2D eigenvalue weighted by Gasteiger charge is 2.20. The minimum absolute atomic E-state index is 0.0314. The number of ether oxygens (including phenoxy) is 1. The van der Waals surface area contributed by atoms with E-state index < -0.39 is 6.61 Å². The molecule has 1 fully saturated rings. The lowest BCUT2D eigenvalue weighted by molar-refractivity contribution is -0.116. The topological polar surface area (TPSA) is 50.4 Å². The summed E-state index contributed by atoms with van der Waals surface area (Å²) in [5, 5.41) is 5.87. The van der Waals surface area contributed by atoms with Crippen LogP contribution in [0.15, 0.2) is 24.3 Å². The zero-order valence-electron chi connectivity index (χ0n) is 10.4. The molecule has 2 N–H and O–H groups in total. The number of benzene rings is 1.